The molecule has 94 heavy (non-hydrogen) atoms. The molecule has 0 radical (unpaired) electrons. The summed E-state index contributed by atoms with van der Waals surface area (Å²) in [5, 5.41) is 6.00. The SMILES string of the molecule is C=CC[C@H]1C[C@@H](OCc2ccccc2)CN1C(=O)C(Cc1ccc(F)cc1)NC(=O)C1Cc2ccccc2CN1C(=O)OC(C)(C)C.C=CC[C@H]1C[C@@H](OCc2ccccc2)CN1C(=O)C(Cc1ccc(F)cc1)NC(=O)C1Cc2ccccc2CN1C(=O)OC(C)(C)C. The smallest absolute Gasteiger partial charge is 0.411 e. The molecule has 16 nitrogen and oxygen atoms in total. The van der Waals surface area contributed by atoms with Crippen LogP contribution in [0.2, 0.25) is 0 Å². The maximum Gasteiger partial charge on any atom is 0.411 e. The maximum absolute atomic E-state index is 14.4. The Bertz CT molecular complexity index is 3350. The summed E-state index contributed by atoms with van der Waals surface area (Å²) in [5.41, 5.74) is 5.75. The van der Waals surface area contributed by atoms with Gasteiger partial charge in [0.2, 0.25) is 23.6 Å². The summed E-state index contributed by atoms with van der Waals surface area (Å²) in [6.45, 7) is 20.5. The summed E-state index contributed by atoms with van der Waals surface area (Å²) in [6, 6.07) is 42.9. The normalized spacial score (nSPS) is 19.9. The Morgan fingerprint density at radius 1 is 0.479 bits per heavy atom. The van der Waals surface area contributed by atoms with E-state index in [0.717, 1.165) is 33.4 Å². The third-order valence-electron chi connectivity index (χ3n) is 17.1. The Kier molecular flexibility index (Phi) is 23.4. The van der Waals surface area contributed by atoms with E-state index >= 15 is 0 Å². The van der Waals surface area contributed by atoms with Gasteiger partial charge >= 0.3 is 12.2 Å². The zero-order chi connectivity index (χ0) is 67.1. The van der Waals surface area contributed by atoms with E-state index in [9.17, 15) is 37.5 Å². The quantitative estimate of drug-likeness (QED) is 0.0700. The van der Waals surface area contributed by atoms with Gasteiger partial charge in [0.25, 0.3) is 0 Å². The van der Waals surface area contributed by atoms with Crippen LogP contribution in [0.25, 0.3) is 0 Å². The summed E-state index contributed by atoms with van der Waals surface area (Å²) in [5.74, 6) is -2.22. The number of carbonyl (C=O) groups excluding carboxylic acids is 6. The molecule has 0 aliphatic carbocycles. The molecule has 4 heterocycles. The molecule has 6 amide bonds. The summed E-state index contributed by atoms with van der Waals surface area (Å²) in [6.07, 6.45) is 5.24. The fourth-order valence-corrected chi connectivity index (χ4v) is 12.5. The molecule has 0 saturated carbocycles. The molecule has 4 unspecified atom stereocenters. The Labute approximate surface area is 551 Å². The molecule has 4 aliphatic heterocycles. The first-order valence-electron chi connectivity index (χ1n) is 32.4. The number of carbonyl (C=O) groups is 6. The van der Waals surface area contributed by atoms with E-state index < -0.39 is 71.0 Å². The molecule has 2 saturated heterocycles. The van der Waals surface area contributed by atoms with Gasteiger partial charge < -0.3 is 39.4 Å². The Morgan fingerprint density at radius 3 is 1.16 bits per heavy atom. The van der Waals surface area contributed by atoms with E-state index in [1.165, 1.54) is 34.1 Å². The maximum atomic E-state index is 14.4. The van der Waals surface area contributed by atoms with Crippen LogP contribution in [0, 0.1) is 11.6 Å². The van der Waals surface area contributed by atoms with Gasteiger partial charge in [0, 0.05) is 50.9 Å². The highest BCUT2D eigenvalue weighted by atomic mass is 19.1. The first kappa shape index (κ1) is 69.3. The van der Waals surface area contributed by atoms with Crippen LogP contribution in [0.3, 0.4) is 0 Å². The predicted octanol–water partition coefficient (Wildman–Crippen LogP) is 12.0. The summed E-state index contributed by atoms with van der Waals surface area (Å²) in [4.78, 5) is 90.3. The standard InChI is InChI=1S/2C38H44FN3O5/c2*1-5-11-31-22-32(46-25-27-12-7-6-8-13-27)24-41(31)36(44)33(20-26-16-18-30(39)19-17-26)40-35(43)34-21-28-14-9-10-15-29(28)23-42(34)37(45)47-38(2,3)4/h2*5-10,12-19,31-34H,1,11,20-25H2,2-4H3,(H,40,43)/t2*31-,32+,33?,34?/m00/s1. The lowest BCUT2D eigenvalue weighted by Crippen LogP contribution is -2.58. The van der Waals surface area contributed by atoms with Crippen LogP contribution in [0.4, 0.5) is 18.4 Å². The molecule has 0 spiro atoms. The van der Waals surface area contributed by atoms with Crippen molar-refractivity contribution in [1.29, 1.82) is 0 Å². The number of likely N-dealkylation sites (tertiary alicyclic amines) is 2. The Balaban J connectivity index is 0.000000221. The topological polar surface area (TPSA) is 176 Å². The van der Waals surface area contributed by atoms with Gasteiger partial charge in [-0.15, -0.1) is 13.2 Å². The highest BCUT2D eigenvalue weighted by Crippen LogP contribution is 2.31. The minimum atomic E-state index is -0.967. The summed E-state index contributed by atoms with van der Waals surface area (Å²) < 4.78 is 51.4. The van der Waals surface area contributed by atoms with Crippen LogP contribution >= 0.6 is 0 Å². The number of hydrogen-bond acceptors (Lipinski definition) is 10. The highest BCUT2D eigenvalue weighted by molar-refractivity contribution is 5.93. The lowest BCUT2D eigenvalue weighted by molar-refractivity contribution is -0.139. The van der Waals surface area contributed by atoms with E-state index in [1.807, 2.05) is 109 Å². The summed E-state index contributed by atoms with van der Waals surface area (Å²) in [7, 11) is 0. The van der Waals surface area contributed by atoms with Crippen molar-refractivity contribution in [3.63, 3.8) is 0 Å². The highest BCUT2D eigenvalue weighted by Gasteiger charge is 2.44. The molecular weight excluding hydrogens is 1190 g/mol. The van der Waals surface area contributed by atoms with Gasteiger partial charge in [-0.25, -0.2) is 18.4 Å². The van der Waals surface area contributed by atoms with Gasteiger partial charge in [-0.1, -0.05) is 146 Å². The molecule has 0 aromatic heterocycles. The monoisotopic (exact) mass is 1280 g/mol. The lowest BCUT2D eigenvalue weighted by Gasteiger charge is -2.38. The van der Waals surface area contributed by atoms with Crippen LogP contribution < -0.4 is 10.6 Å². The van der Waals surface area contributed by atoms with Crippen molar-refractivity contribution in [3.8, 4) is 0 Å². The molecule has 4 aliphatic rings. The van der Waals surface area contributed by atoms with E-state index in [4.69, 9.17) is 18.9 Å². The van der Waals surface area contributed by atoms with Crippen LogP contribution in [0.1, 0.15) is 112 Å². The van der Waals surface area contributed by atoms with Crippen LogP contribution in [-0.2, 0) is 90.1 Å². The van der Waals surface area contributed by atoms with Crippen molar-refractivity contribution in [2.75, 3.05) is 13.1 Å². The fraction of sp³-hybridized carbons (Fsp3) is 0.395. The molecule has 18 heteroatoms. The van der Waals surface area contributed by atoms with Crippen molar-refractivity contribution in [1.82, 2.24) is 30.2 Å². The van der Waals surface area contributed by atoms with Crippen molar-refractivity contribution in [2.24, 2.45) is 0 Å². The molecule has 6 aromatic rings. The predicted molar refractivity (Wildman–Crippen MR) is 355 cm³/mol. The van der Waals surface area contributed by atoms with E-state index in [-0.39, 0.29) is 74.9 Å². The number of nitrogens with one attached hydrogen (secondary N) is 2. The number of rotatable bonds is 20. The molecule has 496 valence electrons. The minimum absolute atomic E-state index is 0.146. The third-order valence-corrected chi connectivity index (χ3v) is 17.1. The molecule has 2 fully saturated rings. The van der Waals surface area contributed by atoms with E-state index in [0.29, 0.717) is 63.1 Å². The number of hydrogen-bond donors (Lipinski definition) is 2. The van der Waals surface area contributed by atoms with Crippen molar-refractivity contribution in [3.05, 3.63) is 239 Å². The number of ether oxygens (including phenoxy) is 4. The Morgan fingerprint density at radius 2 is 0.819 bits per heavy atom. The largest absolute Gasteiger partial charge is 0.444 e. The zero-order valence-electron chi connectivity index (χ0n) is 54.7. The minimum Gasteiger partial charge on any atom is -0.444 e. The Hall–Kier alpha value is -9.00. The second-order valence-corrected chi connectivity index (χ2v) is 26.6. The molecule has 8 atom stereocenters. The van der Waals surface area contributed by atoms with E-state index in [2.05, 4.69) is 23.8 Å². The third kappa shape index (κ3) is 19.1. The van der Waals surface area contributed by atoms with Crippen molar-refractivity contribution >= 4 is 35.8 Å². The second-order valence-electron chi connectivity index (χ2n) is 26.6. The number of benzene rings is 6. The summed E-state index contributed by atoms with van der Waals surface area (Å²) >= 11 is 0. The van der Waals surface area contributed by atoms with Gasteiger partial charge in [-0.05, 0) is 136 Å². The van der Waals surface area contributed by atoms with E-state index in [1.54, 1.807) is 87.8 Å². The average Bonchev–Trinajstić information content (AvgIpc) is 0.877. The lowest BCUT2D eigenvalue weighted by atomic mass is 9.93. The first-order chi connectivity index (χ1) is 45.0. The van der Waals surface area contributed by atoms with Gasteiger partial charge in [0.05, 0.1) is 38.5 Å². The molecular formula is C76H88F2N6O10. The number of amides is 6. The molecule has 2 N–H and O–H groups in total. The number of halogens is 2. The van der Waals surface area contributed by atoms with Crippen LogP contribution in [-0.4, -0.2) is 128 Å². The van der Waals surface area contributed by atoms with Crippen molar-refractivity contribution in [2.45, 2.75) is 179 Å². The van der Waals surface area contributed by atoms with Crippen molar-refractivity contribution < 1.29 is 56.5 Å². The fourth-order valence-electron chi connectivity index (χ4n) is 12.5. The van der Waals surface area contributed by atoms with Crippen LogP contribution in [0.5, 0.6) is 0 Å². The first-order valence-corrected chi connectivity index (χ1v) is 32.4. The second kappa shape index (κ2) is 31.8. The number of fused-ring (bicyclic) bond motifs is 2. The van der Waals surface area contributed by atoms with Gasteiger partial charge in [0.15, 0.2) is 0 Å². The van der Waals surface area contributed by atoms with Gasteiger partial charge in [-0.3, -0.25) is 29.0 Å². The van der Waals surface area contributed by atoms with Gasteiger partial charge in [0.1, 0.15) is 47.0 Å². The van der Waals surface area contributed by atoms with Gasteiger partial charge in [-0.2, -0.15) is 0 Å². The zero-order valence-corrected chi connectivity index (χ0v) is 54.7. The van der Waals surface area contributed by atoms with Crippen LogP contribution in [0.15, 0.2) is 183 Å². The molecule has 6 aromatic carbocycles. The molecule has 0 bridgehead atoms. The average molecular weight is 1280 g/mol. The molecule has 10 rings (SSSR count). The number of nitrogens with zero attached hydrogens (tertiary/aromatic N) is 4.